The topological polar surface area (TPSA) is 0 Å². The van der Waals surface area contributed by atoms with E-state index in [4.69, 9.17) is 0 Å². The number of thiophene rings is 1. The summed E-state index contributed by atoms with van der Waals surface area (Å²) in [7, 11) is 0. The summed E-state index contributed by atoms with van der Waals surface area (Å²) in [5.74, 6) is 0. The van der Waals surface area contributed by atoms with E-state index in [1.165, 1.54) is 37.9 Å². The van der Waals surface area contributed by atoms with Gasteiger partial charge in [-0.1, -0.05) is 54.1 Å². The highest BCUT2D eigenvalue weighted by molar-refractivity contribution is 7.15. The van der Waals surface area contributed by atoms with E-state index in [9.17, 15) is 0 Å². The molecular formula is C18H14S. The van der Waals surface area contributed by atoms with E-state index in [-0.39, 0.29) is 0 Å². The van der Waals surface area contributed by atoms with Gasteiger partial charge in [0.25, 0.3) is 0 Å². The summed E-state index contributed by atoms with van der Waals surface area (Å²) in [5, 5.41) is 4.98. The summed E-state index contributed by atoms with van der Waals surface area (Å²) in [4.78, 5) is 1.40. The quantitative estimate of drug-likeness (QED) is 0.541. The first-order valence-electron chi connectivity index (χ1n) is 6.58. The van der Waals surface area contributed by atoms with E-state index in [1.807, 2.05) is 11.3 Å². The van der Waals surface area contributed by atoms with Crippen molar-refractivity contribution >= 4 is 28.2 Å². The van der Waals surface area contributed by atoms with Crippen LogP contribution in [-0.4, -0.2) is 0 Å². The largest absolute Gasteiger partial charge is 0.143 e. The van der Waals surface area contributed by atoms with Gasteiger partial charge in [0.05, 0.1) is 0 Å². The Bertz CT molecular complexity index is 805. The SMILES string of the molecule is CC1=Cc2c(cccc2-c2scc3ccccc23)C1. The number of fused-ring (bicyclic) bond motifs is 2. The second-order valence-corrected chi connectivity index (χ2v) is 6.08. The van der Waals surface area contributed by atoms with Gasteiger partial charge in [0.1, 0.15) is 0 Å². The Labute approximate surface area is 117 Å². The Kier molecular flexibility index (Phi) is 2.36. The van der Waals surface area contributed by atoms with E-state index < -0.39 is 0 Å². The first kappa shape index (κ1) is 11.0. The van der Waals surface area contributed by atoms with E-state index in [0.29, 0.717) is 0 Å². The van der Waals surface area contributed by atoms with Gasteiger partial charge in [0, 0.05) is 10.3 Å². The van der Waals surface area contributed by atoms with Gasteiger partial charge in [-0.3, -0.25) is 0 Å². The van der Waals surface area contributed by atoms with Crippen LogP contribution in [0.4, 0.5) is 0 Å². The van der Waals surface area contributed by atoms with Gasteiger partial charge in [0.2, 0.25) is 0 Å². The van der Waals surface area contributed by atoms with Crippen molar-refractivity contribution in [2.24, 2.45) is 0 Å². The molecule has 1 aliphatic carbocycles. The van der Waals surface area contributed by atoms with Crippen LogP contribution in [0.25, 0.3) is 27.3 Å². The number of rotatable bonds is 1. The molecule has 2 aromatic carbocycles. The lowest BCUT2D eigenvalue weighted by Crippen LogP contribution is -1.85. The van der Waals surface area contributed by atoms with Crippen LogP contribution in [0.3, 0.4) is 0 Å². The minimum atomic E-state index is 1.10. The number of hydrogen-bond acceptors (Lipinski definition) is 1. The third-order valence-electron chi connectivity index (χ3n) is 3.81. The Morgan fingerprint density at radius 3 is 2.84 bits per heavy atom. The van der Waals surface area contributed by atoms with Gasteiger partial charge >= 0.3 is 0 Å². The highest BCUT2D eigenvalue weighted by Crippen LogP contribution is 2.40. The zero-order valence-electron chi connectivity index (χ0n) is 10.8. The van der Waals surface area contributed by atoms with Crippen molar-refractivity contribution in [2.45, 2.75) is 13.3 Å². The molecule has 0 amide bonds. The molecule has 0 unspecified atom stereocenters. The van der Waals surface area contributed by atoms with Crippen molar-refractivity contribution in [3.05, 3.63) is 64.5 Å². The molecule has 0 fully saturated rings. The summed E-state index contributed by atoms with van der Waals surface area (Å²) < 4.78 is 0. The maximum Gasteiger partial charge on any atom is 0.0427 e. The smallest absolute Gasteiger partial charge is 0.0427 e. The van der Waals surface area contributed by atoms with Gasteiger partial charge < -0.3 is 0 Å². The second-order valence-electron chi connectivity index (χ2n) is 5.20. The molecule has 0 bridgehead atoms. The molecule has 0 aliphatic heterocycles. The van der Waals surface area contributed by atoms with Crippen molar-refractivity contribution in [2.75, 3.05) is 0 Å². The van der Waals surface area contributed by atoms with Crippen LogP contribution >= 0.6 is 11.3 Å². The molecule has 0 saturated heterocycles. The van der Waals surface area contributed by atoms with Crippen LogP contribution < -0.4 is 0 Å². The van der Waals surface area contributed by atoms with Crippen LogP contribution in [-0.2, 0) is 6.42 Å². The lowest BCUT2D eigenvalue weighted by Gasteiger charge is -2.06. The molecule has 0 saturated carbocycles. The molecule has 4 rings (SSSR count). The molecule has 0 nitrogen and oxygen atoms in total. The average Bonchev–Trinajstić information content (AvgIpc) is 3.00. The van der Waals surface area contributed by atoms with Crippen molar-refractivity contribution < 1.29 is 0 Å². The van der Waals surface area contributed by atoms with Gasteiger partial charge in [-0.25, -0.2) is 0 Å². The molecule has 0 atom stereocenters. The van der Waals surface area contributed by atoms with E-state index >= 15 is 0 Å². The molecule has 1 heterocycles. The van der Waals surface area contributed by atoms with Crippen LogP contribution in [0, 0.1) is 0 Å². The number of benzene rings is 2. The molecule has 0 N–H and O–H groups in total. The van der Waals surface area contributed by atoms with Gasteiger partial charge in [0.15, 0.2) is 0 Å². The molecule has 0 spiro atoms. The van der Waals surface area contributed by atoms with Gasteiger partial charge in [-0.15, -0.1) is 11.3 Å². The van der Waals surface area contributed by atoms with Crippen molar-refractivity contribution in [1.82, 2.24) is 0 Å². The number of hydrogen-bond donors (Lipinski definition) is 0. The maximum absolute atomic E-state index is 2.35. The third-order valence-corrected chi connectivity index (χ3v) is 4.86. The Balaban J connectivity index is 2.02. The monoisotopic (exact) mass is 262 g/mol. The van der Waals surface area contributed by atoms with E-state index in [0.717, 1.165) is 6.42 Å². The highest BCUT2D eigenvalue weighted by Gasteiger charge is 2.16. The molecule has 1 heteroatoms. The normalized spacial score (nSPS) is 13.6. The summed E-state index contributed by atoms with van der Waals surface area (Å²) in [5.41, 5.74) is 5.74. The third kappa shape index (κ3) is 1.66. The van der Waals surface area contributed by atoms with Crippen molar-refractivity contribution in [3.8, 4) is 10.4 Å². The fourth-order valence-corrected chi connectivity index (χ4v) is 4.00. The van der Waals surface area contributed by atoms with Crippen molar-refractivity contribution in [3.63, 3.8) is 0 Å². The second kappa shape index (κ2) is 4.07. The molecule has 1 aliphatic rings. The Hall–Kier alpha value is -1.86. The lowest BCUT2D eigenvalue weighted by molar-refractivity contribution is 1.20. The summed E-state index contributed by atoms with van der Waals surface area (Å²) in [6.07, 6.45) is 3.45. The molecular weight excluding hydrogens is 248 g/mol. The molecule has 1 aromatic heterocycles. The standard InChI is InChI=1S/C18H14S/c1-12-9-13-6-4-8-16(17(13)10-12)18-15-7-3-2-5-14(15)11-19-18/h2-8,10-11H,9H2,1H3. The van der Waals surface area contributed by atoms with Gasteiger partial charge in [-0.05, 0) is 40.8 Å². The zero-order valence-corrected chi connectivity index (χ0v) is 11.6. The molecule has 19 heavy (non-hydrogen) atoms. The summed E-state index contributed by atoms with van der Waals surface area (Å²) >= 11 is 1.85. The Morgan fingerprint density at radius 2 is 1.89 bits per heavy atom. The van der Waals surface area contributed by atoms with Crippen LogP contribution in [0.1, 0.15) is 18.1 Å². The number of allylic oxidation sites excluding steroid dienone is 1. The first-order chi connectivity index (χ1) is 9.33. The zero-order chi connectivity index (χ0) is 12.8. The predicted molar refractivity (Wildman–Crippen MR) is 84.6 cm³/mol. The summed E-state index contributed by atoms with van der Waals surface area (Å²) in [6.45, 7) is 2.22. The molecule has 0 radical (unpaired) electrons. The lowest BCUT2D eigenvalue weighted by atomic mass is 10.00. The van der Waals surface area contributed by atoms with Crippen molar-refractivity contribution in [1.29, 1.82) is 0 Å². The van der Waals surface area contributed by atoms with Gasteiger partial charge in [-0.2, -0.15) is 0 Å². The first-order valence-corrected chi connectivity index (χ1v) is 7.46. The maximum atomic E-state index is 2.35. The van der Waals surface area contributed by atoms with Crippen LogP contribution in [0.15, 0.2) is 53.4 Å². The average molecular weight is 262 g/mol. The molecule has 3 aromatic rings. The molecule has 92 valence electrons. The Morgan fingerprint density at radius 1 is 1.00 bits per heavy atom. The highest BCUT2D eigenvalue weighted by atomic mass is 32.1. The van der Waals surface area contributed by atoms with E-state index in [1.54, 1.807) is 0 Å². The summed E-state index contributed by atoms with van der Waals surface area (Å²) in [6, 6.07) is 15.4. The minimum Gasteiger partial charge on any atom is -0.143 e. The van der Waals surface area contributed by atoms with Crippen LogP contribution in [0.5, 0.6) is 0 Å². The predicted octanol–water partition coefficient (Wildman–Crippen LogP) is 5.53. The van der Waals surface area contributed by atoms with Crippen LogP contribution in [0.2, 0.25) is 0 Å². The van der Waals surface area contributed by atoms with E-state index in [2.05, 4.69) is 60.8 Å². The minimum absolute atomic E-state index is 1.10. The fraction of sp³-hybridized carbons (Fsp3) is 0.111. The fourth-order valence-electron chi connectivity index (χ4n) is 2.93.